The number of nitrogens with zero attached hydrogens (tertiary/aromatic N) is 1. The zero-order valence-corrected chi connectivity index (χ0v) is 16.5. The minimum atomic E-state index is -0.997. The fourth-order valence-corrected chi connectivity index (χ4v) is 5.66. The van der Waals surface area contributed by atoms with Crippen LogP contribution in [0.25, 0.3) is 0 Å². The molecule has 0 bridgehead atoms. The number of aliphatic imine (C=N–C) groups is 1. The highest BCUT2D eigenvalue weighted by molar-refractivity contribution is 6.78. The molecule has 0 radical (unpaired) electrons. The smallest absolute Gasteiger partial charge is 0.0483 e. The fraction of sp³-hybridized carbons (Fsp3) is 0.812. The molecule has 0 saturated carbocycles. The second kappa shape index (κ2) is 8.20. The summed E-state index contributed by atoms with van der Waals surface area (Å²) < 4.78 is 0. The van der Waals surface area contributed by atoms with Gasteiger partial charge in [-0.25, -0.2) is 0 Å². The van der Waals surface area contributed by atoms with Crippen LogP contribution in [0.3, 0.4) is 0 Å². The van der Waals surface area contributed by atoms with Gasteiger partial charge < -0.3 is 0 Å². The Morgan fingerprint density at radius 1 is 0.947 bits per heavy atom. The summed E-state index contributed by atoms with van der Waals surface area (Å²) in [5.41, 5.74) is 1.70. The lowest BCUT2D eigenvalue weighted by Gasteiger charge is -2.23. The third kappa shape index (κ3) is 14.1. The Balaban J connectivity index is 4.52. The van der Waals surface area contributed by atoms with Crippen molar-refractivity contribution in [2.24, 2.45) is 10.9 Å². The number of allylic oxidation sites excluding steroid dienone is 2. The molecule has 0 aliphatic carbocycles. The topological polar surface area (TPSA) is 12.4 Å². The highest BCUT2D eigenvalue weighted by Crippen LogP contribution is 2.25. The summed E-state index contributed by atoms with van der Waals surface area (Å²) in [4.78, 5) is 4.49. The lowest BCUT2D eigenvalue weighted by atomic mass is 10.2. The van der Waals surface area contributed by atoms with Crippen molar-refractivity contribution in [2.75, 3.05) is 6.54 Å². The lowest BCUT2D eigenvalue weighted by Crippen LogP contribution is -2.25. The van der Waals surface area contributed by atoms with Crippen LogP contribution in [0.15, 0.2) is 16.6 Å². The van der Waals surface area contributed by atoms with Crippen molar-refractivity contribution in [1.82, 2.24) is 0 Å². The predicted octanol–water partition coefficient (Wildman–Crippen LogP) is 5.71. The molecule has 0 saturated heterocycles. The van der Waals surface area contributed by atoms with Crippen molar-refractivity contribution in [3.8, 4) is 0 Å². The van der Waals surface area contributed by atoms with Gasteiger partial charge in [-0.05, 0) is 18.0 Å². The van der Waals surface area contributed by atoms with Gasteiger partial charge in [-0.3, -0.25) is 4.99 Å². The van der Waals surface area contributed by atoms with Gasteiger partial charge in [0.05, 0.1) is 0 Å². The van der Waals surface area contributed by atoms with Crippen LogP contribution in [0.1, 0.15) is 20.3 Å². The minimum absolute atomic E-state index is 0.670. The molecule has 0 N–H and O–H groups in total. The molecule has 0 aromatic carbocycles. The fourth-order valence-electron chi connectivity index (χ4n) is 2.15. The van der Waals surface area contributed by atoms with Gasteiger partial charge in [-0.1, -0.05) is 64.8 Å². The van der Waals surface area contributed by atoms with E-state index in [-0.39, 0.29) is 0 Å². The second-order valence-electron chi connectivity index (χ2n) is 8.51. The molecule has 0 aromatic heterocycles. The van der Waals surface area contributed by atoms with Gasteiger partial charge in [0, 0.05) is 35.3 Å². The second-order valence-corrected chi connectivity index (χ2v) is 19.5. The quantitative estimate of drug-likeness (QED) is 0.309. The number of rotatable bonds is 8. The Morgan fingerprint density at radius 2 is 1.42 bits per heavy atom. The van der Waals surface area contributed by atoms with E-state index in [9.17, 15) is 0 Å². The third-order valence-electron chi connectivity index (χ3n) is 2.63. The van der Waals surface area contributed by atoms with Crippen LogP contribution in [0.5, 0.6) is 0 Å². The molecular weight excluding hydrogens is 262 g/mol. The molecule has 0 unspecified atom stereocenters. The van der Waals surface area contributed by atoms with Crippen LogP contribution in [-0.2, 0) is 0 Å². The summed E-state index contributed by atoms with van der Waals surface area (Å²) in [6.07, 6.45) is 5.59. The van der Waals surface area contributed by atoms with Gasteiger partial charge in [0.15, 0.2) is 0 Å². The third-order valence-corrected chi connectivity index (χ3v) is 5.66. The Morgan fingerprint density at radius 3 is 1.79 bits per heavy atom. The molecular formula is C16H35NSi2. The summed E-state index contributed by atoms with van der Waals surface area (Å²) in [5.74, 6) is 0.670. The molecule has 0 spiro atoms. The van der Waals surface area contributed by atoms with Crippen molar-refractivity contribution in [2.45, 2.75) is 71.6 Å². The van der Waals surface area contributed by atoms with E-state index in [1.807, 2.05) is 0 Å². The summed E-state index contributed by atoms with van der Waals surface area (Å²) in [7, 11) is -1.99. The molecule has 0 aliphatic heterocycles. The maximum atomic E-state index is 4.49. The van der Waals surface area contributed by atoms with E-state index in [0.29, 0.717) is 5.92 Å². The zero-order chi connectivity index (χ0) is 15.1. The summed E-state index contributed by atoms with van der Waals surface area (Å²) in [6.45, 7) is 20.2. The van der Waals surface area contributed by atoms with E-state index in [2.05, 4.69) is 70.4 Å². The predicted molar refractivity (Wildman–Crippen MR) is 97.2 cm³/mol. The Bertz CT molecular complexity index is 286. The number of hydrogen-bond acceptors (Lipinski definition) is 1. The molecule has 112 valence electrons. The first kappa shape index (κ1) is 18.8. The summed E-state index contributed by atoms with van der Waals surface area (Å²) in [5, 5.41) is 0. The molecule has 19 heavy (non-hydrogen) atoms. The van der Waals surface area contributed by atoms with Gasteiger partial charge >= 0.3 is 0 Å². The molecule has 0 atom stereocenters. The van der Waals surface area contributed by atoms with Crippen LogP contribution in [0.2, 0.25) is 51.4 Å². The van der Waals surface area contributed by atoms with Crippen LogP contribution in [0, 0.1) is 5.92 Å². The maximum Gasteiger partial charge on any atom is 0.0483 e. The van der Waals surface area contributed by atoms with Crippen LogP contribution in [0.4, 0.5) is 0 Å². The van der Waals surface area contributed by atoms with Gasteiger partial charge in [0.25, 0.3) is 0 Å². The molecule has 0 heterocycles. The van der Waals surface area contributed by atoms with Gasteiger partial charge in [0.2, 0.25) is 0 Å². The normalized spacial score (nSPS) is 13.3. The molecule has 3 heteroatoms. The first-order valence-electron chi connectivity index (χ1n) is 7.66. The Kier molecular flexibility index (Phi) is 8.13. The maximum absolute atomic E-state index is 4.49. The van der Waals surface area contributed by atoms with Crippen molar-refractivity contribution in [1.29, 1.82) is 0 Å². The monoisotopic (exact) mass is 297 g/mol. The van der Waals surface area contributed by atoms with Gasteiger partial charge in [0.1, 0.15) is 0 Å². The summed E-state index contributed by atoms with van der Waals surface area (Å²) in [6, 6.07) is 2.71. The molecule has 0 aliphatic rings. The summed E-state index contributed by atoms with van der Waals surface area (Å²) >= 11 is 0. The Labute approximate surface area is 123 Å². The molecule has 0 fully saturated rings. The molecule has 1 nitrogen and oxygen atoms in total. The zero-order valence-electron chi connectivity index (χ0n) is 14.5. The van der Waals surface area contributed by atoms with Crippen molar-refractivity contribution >= 4 is 22.4 Å². The van der Waals surface area contributed by atoms with Crippen molar-refractivity contribution in [3.63, 3.8) is 0 Å². The average molecular weight is 298 g/mol. The molecule has 0 amide bonds. The van der Waals surface area contributed by atoms with Crippen molar-refractivity contribution < 1.29 is 0 Å². The number of hydrogen-bond donors (Lipinski definition) is 0. The highest BCUT2D eigenvalue weighted by Gasteiger charge is 2.20. The van der Waals surface area contributed by atoms with E-state index in [1.165, 1.54) is 12.1 Å². The minimum Gasteiger partial charge on any atom is -0.297 e. The van der Waals surface area contributed by atoms with E-state index in [1.54, 1.807) is 5.57 Å². The van der Waals surface area contributed by atoms with Gasteiger partial charge in [-0.15, -0.1) is 0 Å². The van der Waals surface area contributed by atoms with Crippen LogP contribution >= 0.6 is 0 Å². The lowest BCUT2D eigenvalue weighted by molar-refractivity contribution is 0.666. The first-order chi connectivity index (χ1) is 8.49. The van der Waals surface area contributed by atoms with Crippen LogP contribution < -0.4 is 0 Å². The molecule has 0 aromatic rings. The van der Waals surface area contributed by atoms with Gasteiger partial charge in [-0.2, -0.15) is 0 Å². The Hall–Kier alpha value is -0.156. The van der Waals surface area contributed by atoms with E-state index < -0.39 is 16.1 Å². The SMILES string of the molecule is CC(C)CN=CCC=C(C[Si](C)(C)C)C[Si](C)(C)C. The first-order valence-corrected chi connectivity index (χ1v) is 15.1. The standard InChI is InChI=1S/C16H35NSi2/c1-15(2)12-17-11-9-10-16(13-18(3,4)5)14-19(6,7)8/h10-11,15H,9,12-14H2,1-8H3. The van der Waals surface area contributed by atoms with Crippen LogP contribution in [-0.4, -0.2) is 28.9 Å². The van der Waals surface area contributed by atoms with E-state index in [0.717, 1.165) is 13.0 Å². The largest absolute Gasteiger partial charge is 0.297 e. The van der Waals surface area contributed by atoms with Crippen molar-refractivity contribution in [3.05, 3.63) is 11.6 Å². The average Bonchev–Trinajstić information content (AvgIpc) is 2.10. The van der Waals surface area contributed by atoms with E-state index >= 15 is 0 Å². The van der Waals surface area contributed by atoms with E-state index in [4.69, 9.17) is 0 Å². The highest BCUT2D eigenvalue weighted by atomic mass is 28.3. The molecule has 0 rings (SSSR count).